The number of hydrogen-bond acceptors (Lipinski definition) is 4. The largest absolute Gasteiger partial charge is 0.358 e. The van der Waals surface area contributed by atoms with Gasteiger partial charge in [-0.05, 0) is 37.0 Å². The first-order valence-corrected chi connectivity index (χ1v) is 8.29. The van der Waals surface area contributed by atoms with Gasteiger partial charge in [-0.2, -0.15) is 5.10 Å². The molecule has 1 aliphatic rings. The molecule has 0 spiro atoms. The second-order valence-electron chi connectivity index (χ2n) is 5.67. The fourth-order valence-electron chi connectivity index (χ4n) is 2.64. The molecule has 0 saturated heterocycles. The molecule has 2 N–H and O–H groups in total. The number of nitrogens with one attached hydrogen (secondary N) is 2. The fraction of sp³-hybridized carbons (Fsp3) is 0.467. The van der Waals surface area contributed by atoms with Gasteiger partial charge in [0.05, 0.1) is 11.1 Å². The summed E-state index contributed by atoms with van der Waals surface area (Å²) in [6.45, 7) is 2.21. The predicted octanol–water partition coefficient (Wildman–Crippen LogP) is 3.62. The first-order chi connectivity index (χ1) is 11.0. The summed E-state index contributed by atoms with van der Waals surface area (Å²) in [6.07, 6.45) is 6.20. The standard InChI is InChI=1S/C15H19ClN4O2S/c1-10-4-2-3-5-14(10)18-15(23)19-17-9-11-8-12(20(21)22)6-7-13(11)16/h6-10,14H,2-5H2,1H3,(H2,18,19,23)/b17-9-/t10-,14+/m1/s1. The Morgan fingerprint density at radius 3 is 2.91 bits per heavy atom. The van der Waals surface area contributed by atoms with Gasteiger partial charge in [-0.15, -0.1) is 0 Å². The summed E-state index contributed by atoms with van der Waals surface area (Å²) in [5, 5.41) is 18.9. The van der Waals surface area contributed by atoms with E-state index >= 15 is 0 Å². The number of nitrogens with zero attached hydrogens (tertiary/aromatic N) is 2. The zero-order chi connectivity index (χ0) is 16.8. The van der Waals surface area contributed by atoms with Crippen LogP contribution in [-0.4, -0.2) is 22.3 Å². The molecule has 0 radical (unpaired) electrons. The normalized spacial score (nSPS) is 21.1. The summed E-state index contributed by atoms with van der Waals surface area (Å²) in [7, 11) is 0. The third-order valence-corrected chi connectivity index (χ3v) is 4.54. The number of hydrazone groups is 1. The van der Waals surface area contributed by atoms with Gasteiger partial charge in [-0.1, -0.05) is 31.4 Å². The Kier molecular flexibility index (Phi) is 6.29. The lowest BCUT2D eigenvalue weighted by Crippen LogP contribution is -2.44. The molecule has 1 fully saturated rings. The van der Waals surface area contributed by atoms with Crippen molar-refractivity contribution in [2.24, 2.45) is 11.0 Å². The zero-order valence-electron chi connectivity index (χ0n) is 12.8. The molecule has 0 heterocycles. The first kappa shape index (κ1) is 17.6. The molecule has 0 unspecified atom stereocenters. The Morgan fingerprint density at radius 1 is 1.48 bits per heavy atom. The van der Waals surface area contributed by atoms with Crippen LogP contribution in [0.25, 0.3) is 0 Å². The monoisotopic (exact) mass is 354 g/mol. The molecular formula is C15H19ClN4O2S. The highest BCUT2D eigenvalue weighted by Gasteiger charge is 2.21. The zero-order valence-corrected chi connectivity index (χ0v) is 14.4. The van der Waals surface area contributed by atoms with E-state index in [1.54, 1.807) is 0 Å². The van der Waals surface area contributed by atoms with Gasteiger partial charge in [0, 0.05) is 28.8 Å². The minimum Gasteiger partial charge on any atom is -0.358 e. The third kappa shape index (κ3) is 5.14. The molecular weight excluding hydrogens is 336 g/mol. The molecule has 124 valence electrons. The molecule has 6 nitrogen and oxygen atoms in total. The lowest BCUT2D eigenvalue weighted by molar-refractivity contribution is -0.384. The molecule has 0 amide bonds. The second kappa shape index (κ2) is 8.21. The van der Waals surface area contributed by atoms with Crippen molar-refractivity contribution in [2.75, 3.05) is 0 Å². The average molecular weight is 355 g/mol. The number of rotatable bonds is 4. The van der Waals surface area contributed by atoms with Gasteiger partial charge in [0.2, 0.25) is 0 Å². The molecule has 1 aromatic rings. The van der Waals surface area contributed by atoms with Crippen molar-refractivity contribution in [3.63, 3.8) is 0 Å². The Hall–Kier alpha value is -1.73. The molecule has 2 atom stereocenters. The maximum atomic E-state index is 10.8. The molecule has 23 heavy (non-hydrogen) atoms. The molecule has 0 bridgehead atoms. The van der Waals surface area contributed by atoms with Gasteiger partial charge in [0.25, 0.3) is 5.69 Å². The lowest BCUT2D eigenvalue weighted by atomic mass is 9.86. The number of nitro groups is 1. The Morgan fingerprint density at radius 2 is 2.22 bits per heavy atom. The van der Waals surface area contributed by atoms with E-state index < -0.39 is 4.92 Å². The van der Waals surface area contributed by atoms with Crippen molar-refractivity contribution in [1.82, 2.24) is 10.7 Å². The number of halogens is 1. The van der Waals surface area contributed by atoms with Gasteiger partial charge in [0.15, 0.2) is 5.11 Å². The van der Waals surface area contributed by atoms with Crippen LogP contribution in [0.4, 0.5) is 5.69 Å². The summed E-state index contributed by atoms with van der Waals surface area (Å²) in [6, 6.07) is 4.55. The highest BCUT2D eigenvalue weighted by molar-refractivity contribution is 7.80. The van der Waals surface area contributed by atoms with Gasteiger partial charge >= 0.3 is 0 Å². The van der Waals surface area contributed by atoms with Crippen LogP contribution in [0.5, 0.6) is 0 Å². The van der Waals surface area contributed by atoms with Crippen molar-refractivity contribution >= 4 is 40.8 Å². The smallest absolute Gasteiger partial charge is 0.270 e. The van der Waals surface area contributed by atoms with Gasteiger partial charge < -0.3 is 5.32 Å². The molecule has 8 heteroatoms. The van der Waals surface area contributed by atoms with E-state index in [2.05, 4.69) is 22.8 Å². The predicted molar refractivity (Wildman–Crippen MR) is 96.0 cm³/mol. The average Bonchev–Trinajstić information content (AvgIpc) is 2.51. The topological polar surface area (TPSA) is 79.6 Å². The summed E-state index contributed by atoms with van der Waals surface area (Å²) in [4.78, 5) is 10.3. The van der Waals surface area contributed by atoms with Crippen molar-refractivity contribution in [2.45, 2.75) is 38.6 Å². The summed E-state index contributed by atoms with van der Waals surface area (Å²) < 4.78 is 0. The Bertz CT molecular complexity index is 623. The van der Waals surface area contributed by atoms with Crippen molar-refractivity contribution in [3.8, 4) is 0 Å². The van der Waals surface area contributed by atoms with Gasteiger partial charge in [-0.3, -0.25) is 15.5 Å². The van der Waals surface area contributed by atoms with Crippen LogP contribution in [0.3, 0.4) is 0 Å². The molecule has 2 rings (SSSR count). The van der Waals surface area contributed by atoms with Crippen LogP contribution in [-0.2, 0) is 0 Å². The fourth-order valence-corrected chi connectivity index (χ4v) is 3.01. The maximum Gasteiger partial charge on any atom is 0.270 e. The van der Waals surface area contributed by atoms with Crippen LogP contribution in [0.15, 0.2) is 23.3 Å². The quantitative estimate of drug-likeness (QED) is 0.373. The highest BCUT2D eigenvalue weighted by atomic mass is 35.5. The molecule has 0 aliphatic heterocycles. The van der Waals surface area contributed by atoms with Crippen molar-refractivity contribution in [1.29, 1.82) is 0 Å². The van der Waals surface area contributed by atoms with Crippen LogP contribution >= 0.6 is 23.8 Å². The highest BCUT2D eigenvalue weighted by Crippen LogP contribution is 2.23. The number of benzene rings is 1. The van der Waals surface area contributed by atoms with Crippen molar-refractivity contribution < 1.29 is 4.92 Å². The third-order valence-electron chi connectivity index (χ3n) is 3.99. The minimum atomic E-state index is -0.474. The number of nitro benzene ring substituents is 1. The summed E-state index contributed by atoms with van der Waals surface area (Å²) in [5.74, 6) is 0.582. The number of thiocarbonyl (C=S) groups is 1. The van der Waals surface area contributed by atoms with Gasteiger partial charge in [-0.25, -0.2) is 0 Å². The van der Waals surface area contributed by atoms with Crippen LogP contribution < -0.4 is 10.7 Å². The Balaban J connectivity index is 1.92. The van der Waals surface area contributed by atoms with E-state index in [0.717, 1.165) is 6.42 Å². The number of non-ortho nitro benzene ring substituents is 1. The van der Waals surface area contributed by atoms with E-state index in [1.807, 2.05) is 0 Å². The minimum absolute atomic E-state index is 0.0346. The first-order valence-electron chi connectivity index (χ1n) is 7.51. The molecule has 1 saturated carbocycles. The summed E-state index contributed by atoms with van der Waals surface area (Å²) in [5.41, 5.74) is 3.16. The van der Waals surface area contributed by atoms with Crippen molar-refractivity contribution in [3.05, 3.63) is 38.9 Å². The van der Waals surface area contributed by atoms with E-state index in [9.17, 15) is 10.1 Å². The van der Waals surface area contributed by atoms with Gasteiger partial charge in [0.1, 0.15) is 0 Å². The summed E-state index contributed by atoms with van der Waals surface area (Å²) >= 11 is 11.2. The lowest BCUT2D eigenvalue weighted by Gasteiger charge is -2.30. The van der Waals surface area contributed by atoms with E-state index in [-0.39, 0.29) is 5.69 Å². The van der Waals surface area contributed by atoms with Crippen LogP contribution in [0.1, 0.15) is 38.2 Å². The Labute approximate surface area is 145 Å². The molecule has 1 aromatic carbocycles. The van der Waals surface area contributed by atoms with E-state index in [4.69, 9.17) is 23.8 Å². The SMILES string of the molecule is C[C@@H]1CCCC[C@@H]1NC(=S)N/N=C\c1cc([N+](=O)[O-])ccc1Cl. The molecule has 0 aromatic heterocycles. The van der Waals surface area contributed by atoms with Crippen LogP contribution in [0.2, 0.25) is 5.02 Å². The van der Waals surface area contributed by atoms with Crippen LogP contribution in [0, 0.1) is 16.0 Å². The second-order valence-corrected chi connectivity index (χ2v) is 6.49. The molecule has 1 aliphatic carbocycles. The number of hydrogen-bond donors (Lipinski definition) is 2. The van der Waals surface area contributed by atoms with E-state index in [1.165, 1.54) is 43.7 Å². The van der Waals surface area contributed by atoms with E-state index in [0.29, 0.717) is 27.7 Å². The maximum absolute atomic E-state index is 10.8.